The lowest BCUT2D eigenvalue weighted by Gasteiger charge is -2.35. The van der Waals surface area contributed by atoms with Gasteiger partial charge in [0.05, 0.1) is 5.69 Å². The van der Waals surface area contributed by atoms with E-state index in [0.717, 1.165) is 22.9 Å². The Labute approximate surface area is 117 Å². The fraction of sp³-hybridized carbons (Fsp3) is 0.643. The normalized spacial score (nSPS) is 28.3. The summed E-state index contributed by atoms with van der Waals surface area (Å²) in [5.74, 6) is 0. The van der Waals surface area contributed by atoms with Gasteiger partial charge in [-0.2, -0.15) is 0 Å². The van der Waals surface area contributed by atoms with Gasteiger partial charge in [-0.15, -0.1) is 0 Å². The maximum absolute atomic E-state index is 4.47. The van der Waals surface area contributed by atoms with Crippen LogP contribution >= 0.6 is 15.9 Å². The van der Waals surface area contributed by atoms with Crippen molar-refractivity contribution in [1.29, 1.82) is 0 Å². The first kappa shape index (κ1) is 12.6. The van der Waals surface area contributed by atoms with Gasteiger partial charge in [0.2, 0.25) is 0 Å². The summed E-state index contributed by atoms with van der Waals surface area (Å²) >= 11 is 3.42. The van der Waals surface area contributed by atoms with Crippen LogP contribution in [0.2, 0.25) is 0 Å². The molecule has 0 aromatic carbocycles. The van der Waals surface area contributed by atoms with Crippen molar-refractivity contribution in [2.45, 2.75) is 44.3 Å². The zero-order chi connectivity index (χ0) is 12.4. The lowest BCUT2D eigenvalue weighted by molar-refractivity contribution is 0.166. The molecule has 2 aliphatic heterocycles. The standard InChI is InChI=1S/C14H20BrN3/c15-14-5-1-3-12(17-14)10-16-11-6-8-18-7-2-4-13(18)9-11/h1,3,5,11,13,16H,2,4,6-10H2. The van der Waals surface area contributed by atoms with Crippen molar-refractivity contribution >= 4 is 15.9 Å². The summed E-state index contributed by atoms with van der Waals surface area (Å²) < 4.78 is 0.924. The van der Waals surface area contributed by atoms with Gasteiger partial charge in [-0.1, -0.05) is 6.07 Å². The number of hydrogen-bond donors (Lipinski definition) is 1. The van der Waals surface area contributed by atoms with E-state index in [-0.39, 0.29) is 0 Å². The van der Waals surface area contributed by atoms with Crippen molar-refractivity contribution in [3.8, 4) is 0 Å². The van der Waals surface area contributed by atoms with Crippen LogP contribution in [0.1, 0.15) is 31.4 Å². The molecule has 2 unspecified atom stereocenters. The Morgan fingerprint density at radius 1 is 1.33 bits per heavy atom. The van der Waals surface area contributed by atoms with Crippen LogP contribution in [0.15, 0.2) is 22.8 Å². The number of nitrogens with one attached hydrogen (secondary N) is 1. The number of hydrogen-bond acceptors (Lipinski definition) is 3. The second-order valence-electron chi connectivity index (χ2n) is 5.39. The molecule has 2 aliphatic rings. The second-order valence-corrected chi connectivity index (χ2v) is 6.20. The van der Waals surface area contributed by atoms with Crippen LogP contribution in [0.25, 0.3) is 0 Å². The summed E-state index contributed by atoms with van der Waals surface area (Å²) in [6.07, 6.45) is 5.39. The summed E-state index contributed by atoms with van der Waals surface area (Å²) in [5, 5.41) is 3.67. The Morgan fingerprint density at radius 2 is 2.28 bits per heavy atom. The number of rotatable bonds is 3. The van der Waals surface area contributed by atoms with Crippen LogP contribution in [0, 0.1) is 0 Å². The number of fused-ring (bicyclic) bond motifs is 1. The molecule has 0 aliphatic carbocycles. The maximum atomic E-state index is 4.47. The number of pyridine rings is 1. The van der Waals surface area contributed by atoms with E-state index in [0.29, 0.717) is 6.04 Å². The van der Waals surface area contributed by atoms with Crippen LogP contribution in [0.4, 0.5) is 0 Å². The predicted octanol–water partition coefficient (Wildman–Crippen LogP) is 2.56. The van der Waals surface area contributed by atoms with Gasteiger partial charge in [-0.3, -0.25) is 0 Å². The van der Waals surface area contributed by atoms with Crippen molar-refractivity contribution in [1.82, 2.24) is 15.2 Å². The highest BCUT2D eigenvalue weighted by molar-refractivity contribution is 9.10. The van der Waals surface area contributed by atoms with E-state index >= 15 is 0 Å². The second kappa shape index (κ2) is 5.68. The molecule has 98 valence electrons. The molecule has 0 bridgehead atoms. The molecule has 18 heavy (non-hydrogen) atoms. The van der Waals surface area contributed by atoms with Gasteiger partial charge in [0.15, 0.2) is 0 Å². The zero-order valence-corrected chi connectivity index (χ0v) is 12.2. The van der Waals surface area contributed by atoms with E-state index in [9.17, 15) is 0 Å². The minimum atomic E-state index is 0.671. The van der Waals surface area contributed by atoms with Crippen LogP contribution in [0.5, 0.6) is 0 Å². The van der Waals surface area contributed by atoms with Gasteiger partial charge in [0.1, 0.15) is 4.60 Å². The largest absolute Gasteiger partial charge is 0.308 e. The molecule has 0 radical (unpaired) electrons. The van der Waals surface area contributed by atoms with Gasteiger partial charge in [-0.05, 0) is 66.8 Å². The highest BCUT2D eigenvalue weighted by Crippen LogP contribution is 2.26. The molecule has 4 heteroatoms. The molecule has 3 heterocycles. The van der Waals surface area contributed by atoms with Crippen LogP contribution in [-0.2, 0) is 6.54 Å². The zero-order valence-electron chi connectivity index (χ0n) is 10.6. The summed E-state index contributed by atoms with van der Waals surface area (Å²) in [6.45, 7) is 3.48. The Balaban J connectivity index is 1.51. The average molecular weight is 310 g/mol. The van der Waals surface area contributed by atoms with Crippen LogP contribution in [0.3, 0.4) is 0 Å². The predicted molar refractivity (Wildman–Crippen MR) is 76.4 cm³/mol. The molecule has 3 nitrogen and oxygen atoms in total. The van der Waals surface area contributed by atoms with Crippen molar-refractivity contribution in [2.75, 3.05) is 13.1 Å². The van der Waals surface area contributed by atoms with E-state index in [1.807, 2.05) is 12.1 Å². The van der Waals surface area contributed by atoms with Crippen LogP contribution < -0.4 is 5.32 Å². The topological polar surface area (TPSA) is 28.2 Å². The fourth-order valence-electron chi connectivity index (χ4n) is 3.21. The van der Waals surface area contributed by atoms with Crippen molar-refractivity contribution in [2.24, 2.45) is 0 Å². The summed E-state index contributed by atoms with van der Waals surface area (Å²) in [4.78, 5) is 7.13. The molecule has 2 saturated heterocycles. The Bertz CT molecular complexity index is 410. The number of halogens is 1. The molecule has 0 saturated carbocycles. The highest BCUT2D eigenvalue weighted by Gasteiger charge is 2.31. The third-order valence-corrected chi connectivity index (χ3v) is 4.61. The molecule has 0 spiro atoms. The lowest BCUT2D eigenvalue weighted by Crippen LogP contribution is -2.45. The molecule has 2 atom stereocenters. The molecule has 1 aromatic rings. The van der Waals surface area contributed by atoms with Gasteiger partial charge in [0.25, 0.3) is 0 Å². The molecule has 1 aromatic heterocycles. The van der Waals surface area contributed by atoms with Crippen molar-refractivity contribution in [3.05, 3.63) is 28.5 Å². The minimum absolute atomic E-state index is 0.671. The Hall–Kier alpha value is -0.450. The smallest absolute Gasteiger partial charge is 0.106 e. The lowest BCUT2D eigenvalue weighted by atomic mass is 9.97. The number of nitrogens with zero attached hydrogens (tertiary/aromatic N) is 2. The van der Waals surface area contributed by atoms with E-state index in [4.69, 9.17) is 0 Å². The molecule has 2 fully saturated rings. The number of aromatic nitrogens is 1. The van der Waals surface area contributed by atoms with Crippen molar-refractivity contribution in [3.63, 3.8) is 0 Å². The first-order chi connectivity index (χ1) is 8.81. The van der Waals surface area contributed by atoms with Gasteiger partial charge >= 0.3 is 0 Å². The van der Waals surface area contributed by atoms with Crippen LogP contribution in [-0.4, -0.2) is 35.1 Å². The van der Waals surface area contributed by atoms with Gasteiger partial charge in [0, 0.05) is 18.6 Å². The average Bonchev–Trinajstić information content (AvgIpc) is 2.84. The minimum Gasteiger partial charge on any atom is -0.308 e. The first-order valence-corrected chi connectivity index (χ1v) is 7.69. The van der Waals surface area contributed by atoms with E-state index in [1.165, 1.54) is 38.8 Å². The third-order valence-electron chi connectivity index (χ3n) is 4.17. The van der Waals surface area contributed by atoms with E-state index in [1.54, 1.807) is 0 Å². The fourth-order valence-corrected chi connectivity index (χ4v) is 3.59. The summed E-state index contributed by atoms with van der Waals surface area (Å²) in [6, 6.07) is 7.62. The molecular formula is C14H20BrN3. The highest BCUT2D eigenvalue weighted by atomic mass is 79.9. The molecule has 3 rings (SSSR count). The van der Waals surface area contributed by atoms with Gasteiger partial charge < -0.3 is 10.2 Å². The number of piperidine rings is 1. The quantitative estimate of drug-likeness (QED) is 0.870. The van der Waals surface area contributed by atoms with E-state index < -0.39 is 0 Å². The van der Waals surface area contributed by atoms with Crippen molar-refractivity contribution < 1.29 is 0 Å². The Kier molecular flexibility index (Phi) is 3.97. The SMILES string of the molecule is Brc1cccc(CNC2CCN3CCCC3C2)n1. The summed E-state index contributed by atoms with van der Waals surface area (Å²) in [5.41, 5.74) is 1.12. The Morgan fingerprint density at radius 3 is 3.17 bits per heavy atom. The summed E-state index contributed by atoms with van der Waals surface area (Å²) in [7, 11) is 0. The molecular weight excluding hydrogens is 290 g/mol. The van der Waals surface area contributed by atoms with E-state index in [2.05, 4.69) is 37.2 Å². The monoisotopic (exact) mass is 309 g/mol. The first-order valence-electron chi connectivity index (χ1n) is 6.90. The van der Waals surface area contributed by atoms with Gasteiger partial charge in [-0.25, -0.2) is 4.98 Å². The third kappa shape index (κ3) is 2.92. The molecule has 1 N–H and O–H groups in total. The molecule has 0 amide bonds. The maximum Gasteiger partial charge on any atom is 0.106 e.